The van der Waals surface area contributed by atoms with Crippen molar-refractivity contribution in [2.75, 3.05) is 5.75 Å². The van der Waals surface area contributed by atoms with Crippen LogP contribution in [0.3, 0.4) is 0 Å². The molecule has 1 heterocycles. The molecule has 1 atom stereocenters. The van der Waals surface area contributed by atoms with Crippen LogP contribution in [0.15, 0.2) is 29.2 Å². The quantitative estimate of drug-likeness (QED) is 0.766. The van der Waals surface area contributed by atoms with Gasteiger partial charge < -0.3 is 5.32 Å². The van der Waals surface area contributed by atoms with Crippen LogP contribution >= 0.6 is 11.8 Å². The number of hydrogen-bond donors (Lipinski definition) is 1. The van der Waals surface area contributed by atoms with Crippen LogP contribution in [0.25, 0.3) is 0 Å². The summed E-state index contributed by atoms with van der Waals surface area (Å²) in [6.45, 7) is 9.33. The molecule has 1 aromatic rings. The highest BCUT2D eigenvalue weighted by atomic mass is 32.2. The Bertz CT molecular complexity index is 404. The van der Waals surface area contributed by atoms with E-state index in [1.54, 1.807) is 0 Å². The van der Waals surface area contributed by atoms with E-state index in [4.69, 9.17) is 0 Å². The van der Waals surface area contributed by atoms with Crippen LogP contribution in [0.4, 0.5) is 0 Å². The maximum absolute atomic E-state index is 3.96. The second-order valence-corrected chi connectivity index (χ2v) is 7.99. The third-order valence-electron chi connectivity index (χ3n) is 3.91. The van der Waals surface area contributed by atoms with Gasteiger partial charge in [-0.15, -0.1) is 11.8 Å². The van der Waals surface area contributed by atoms with Crippen LogP contribution in [0.1, 0.15) is 58.6 Å². The van der Waals surface area contributed by atoms with E-state index in [0.29, 0.717) is 12.1 Å². The topological polar surface area (TPSA) is 12.0 Å². The lowest BCUT2D eigenvalue weighted by Gasteiger charge is -2.32. The monoisotopic (exact) mass is 291 g/mol. The number of benzene rings is 1. The van der Waals surface area contributed by atoms with Crippen molar-refractivity contribution < 1.29 is 0 Å². The zero-order valence-electron chi connectivity index (χ0n) is 13.4. The third-order valence-corrected chi connectivity index (χ3v) is 5.03. The highest BCUT2D eigenvalue weighted by molar-refractivity contribution is 7.99. The Hall–Kier alpha value is -0.470. The van der Waals surface area contributed by atoms with Gasteiger partial charge in [0.25, 0.3) is 0 Å². The fourth-order valence-electron chi connectivity index (χ4n) is 3.17. The number of hydrogen-bond acceptors (Lipinski definition) is 2. The molecule has 1 unspecified atom stereocenters. The Kier molecular flexibility index (Phi) is 5.98. The number of fused-ring (bicyclic) bond motifs is 1. The van der Waals surface area contributed by atoms with Crippen LogP contribution in [0.2, 0.25) is 0 Å². The molecule has 0 spiro atoms. The van der Waals surface area contributed by atoms with E-state index in [9.17, 15) is 0 Å². The van der Waals surface area contributed by atoms with Gasteiger partial charge in [0.15, 0.2) is 0 Å². The van der Waals surface area contributed by atoms with Gasteiger partial charge in [0, 0.05) is 17.0 Å². The maximum Gasteiger partial charge on any atom is 0.0341 e. The predicted molar refractivity (Wildman–Crippen MR) is 90.4 cm³/mol. The highest BCUT2D eigenvalue weighted by Crippen LogP contribution is 2.36. The van der Waals surface area contributed by atoms with Gasteiger partial charge in [0.2, 0.25) is 0 Å². The molecule has 0 saturated carbocycles. The molecule has 1 aromatic carbocycles. The average molecular weight is 292 g/mol. The van der Waals surface area contributed by atoms with Crippen LogP contribution in [-0.2, 0) is 0 Å². The summed E-state index contributed by atoms with van der Waals surface area (Å²) < 4.78 is 0. The Labute approximate surface area is 128 Å². The Morgan fingerprint density at radius 2 is 1.75 bits per heavy atom. The molecule has 0 aliphatic carbocycles. The lowest BCUT2D eigenvalue weighted by atomic mass is 9.93. The molecule has 1 nitrogen and oxygen atoms in total. The van der Waals surface area contributed by atoms with Crippen molar-refractivity contribution in [3.63, 3.8) is 0 Å². The largest absolute Gasteiger partial charge is 0.307 e. The van der Waals surface area contributed by atoms with E-state index in [1.165, 1.54) is 35.5 Å². The van der Waals surface area contributed by atoms with Gasteiger partial charge in [-0.25, -0.2) is 0 Å². The van der Waals surface area contributed by atoms with Crippen molar-refractivity contribution in [1.82, 2.24) is 5.32 Å². The smallest absolute Gasteiger partial charge is 0.0341 e. The molecule has 0 radical (unpaired) electrons. The SMILES string of the molecule is CC(C)CC(CC(C)C)NC1CCSc2ccccc21. The molecule has 1 aliphatic rings. The first-order valence-electron chi connectivity index (χ1n) is 8.04. The van der Waals surface area contributed by atoms with Crippen molar-refractivity contribution >= 4 is 11.8 Å². The first kappa shape index (κ1) is 15.9. The molecule has 0 aromatic heterocycles. The number of thioether (sulfide) groups is 1. The molecular formula is C18H29NS. The molecule has 2 rings (SSSR count). The van der Waals surface area contributed by atoms with Crippen molar-refractivity contribution in [3.05, 3.63) is 29.8 Å². The van der Waals surface area contributed by atoms with Gasteiger partial charge in [-0.1, -0.05) is 45.9 Å². The van der Waals surface area contributed by atoms with Gasteiger partial charge in [-0.3, -0.25) is 0 Å². The summed E-state index contributed by atoms with van der Waals surface area (Å²) in [6.07, 6.45) is 3.82. The summed E-state index contributed by atoms with van der Waals surface area (Å²) in [6, 6.07) is 10.1. The van der Waals surface area contributed by atoms with Gasteiger partial charge in [0.05, 0.1) is 0 Å². The van der Waals surface area contributed by atoms with Gasteiger partial charge >= 0.3 is 0 Å². The molecule has 1 N–H and O–H groups in total. The molecule has 0 fully saturated rings. The lowest BCUT2D eigenvalue weighted by Crippen LogP contribution is -2.36. The van der Waals surface area contributed by atoms with Crippen LogP contribution in [0.5, 0.6) is 0 Å². The van der Waals surface area contributed by atoms with E-state index in [0.717, 1.165) is 11.8 Å². The minimum absolute atomic E-state index is 0.551. The standard InChI is InChI=1S/C18H29NS/c1-13(2)11-15(12-14(3)4)19-17-9-10-20-18-8-6-5-7-16(17)18/h5-8,13-15,17,19H,9-12H2,1-4H3. The van der Waals surface area contributed by atoms with E-state index in [2.05, 4.69) is 57.3 Å². The minimum Gasteiger partial charge on any atom is -0.307 e. The Balaban J connectivity index is 2.07. The van der Waals surface area contributed by atoms with Crippen LogP contribution < -0.4 is 5.32 Å². The van der Waals surface area contributed by atoms with E-state index >= 15 is 0 Å². The number of nitrogens with one attached hydrogen (secondary N) is 1. The van der Waals surface area contributed by atoms with Crippen molar-refractivity contribution in [1.29, 1.82) is 0 Å². The zero-order chi connectivity index (χ0) is 14.5. The van der Waals surface area contributed by atoms with Crippen molar-refractivity contribution in [2.45, 2.75) is 63.9 Å². The summed E-state index contributed by atoms with van der Waals surface area (Å²) in [4.78, 5) is 1.48. The summed E-state index contributed by atoms with van der Waals surface area (Å²) in [5.74, 6) is 2.77. The van der Waals surface area contributed by atoms with Gasteiger partial charge in [-0.05, 0) is 48.5 Å². The molecule has 0 amide bonds. The zero-order valence-corrected chi connectivity index (χ0v) is 14.2. The molecule has 2 heteroatoms. The predicted octanol–water partition coefficient (Wildman–Crippen LogP) is 5.27. The fourth-order valence-corrected chi connectivity index (χ4v) is 4.30. The molecule has 20 heavy (non-hydrogen) atoms. The normalized spacial score (nSPS) is 18.9. The van der Waals surface area contributed by atoms with E-state index in [-0.39, 0.29) is 0 Å². The lowest BCUT2D eigenvalue weighted by molar-refractivity contribution is 0.322. The molecule has 0 saturated heterocycles. The summed E-state index contributed by atoms with van der Waals surface area (Å²) >= 11 is 2.01. The maximum atomic E-state index is 3.96. The average Bonchev–Trinajstić information content (AvgIpc) is 2.37. The van der Waals surface area contributed by atoms with Crippen LogP contribution in [0, 0.1) is 11.8 Å². The third kappa shape index (κ3) is 4.53. The summed E-state index contributed by atoms with van der Waals surface area (Å²) in [7, 11) is 0. The minimum atomic E-state index is 0.551. The van der Waals surface area contributed by atoms with Crippen molar-refractivity contribution in [2.24, 2.45) is 11.8 Å². The van der Waals surface area contributed by atoms with E-state index < -0.39 is 0 Å². The van der Waals surface area contributed by atoms with Gasteiger partial charge in [0.1, 0.15) is 0 Å². The molecule has 112 valence electrons. The fraction of sp³-hybridized carbons (Fsp3) is 0.667. The first-order chi connectivity index (χ1) is 9.56. The Morgan fingerprint density at radius 1 is 1.10 bits per heavy atom. The second kappa shape index (κ2) is 7.51. The summed E-state index contributed by atoms with van der Waals surface area (Å²) in [5.41, 5.74) is 1.52. The van der Waals surface area contributed by atoms with Crippen LogP contribution in [-0.4, -0.2) is 11.8 Å². The summed E-state index contributed by atoms with van der Waals surface area (Å²) in [5, 5.41) is 3.96. The molecular weight excluding hydrogens is 262 g/mol. The van der Waals surface area contributed by atoms with Gasteiger partial charge in [-0.2, -0.15) is 0 Å². The number of rotatable bonds is 6. The second-order valence-electron chi connectivity index (χ2n) is 6.85. The van der Waals surface area contributed by atoms with E-state index in [1.807, 2.05) is 11.8 Å². The highest BCUT2D eigenvalue weighted by Gasteiger charge is 2.23. The first-order valence-corrected chi connectivity index (χ1v) is 9.02. The Morgan fingerprint density at radius 3 is 2.40 bits per heavy atom. The van der Waals surface area contributed by atoms with Crippen molar-refractivity contribution in [3.8, 4) is 0 Å². The molecule has 0 bridgehead atoms. The molecule has 1 aliphatic heterocycles.